The first kappa shape index (κ1) is 19.8. The second-order valence-corrected chi connectivity index (χ2v) is 8.89. The molecule has 0 bridgehead atoms. The van der Waals surface area contributed by atoms with Crippen molar-refractivity contribution in [1.29, 1.82) is 0 Å². The molecule has 3 rings (SSSR count). The van der Waals surface area contributed by atoms with E-state index in [0.717, 1.165) is 17.2 Å². The molecule has 1 aliphatic heterocycles. The Morgan fingerprint density at radius 1 is 1.07 bits per heavy atom. The zero-order chi connectivity index (χ0) is 19.2. The normalized spacial score (nSPS) is 15.3. The van der Waals surface area contributed by atoms with Crippen molar-refractivity contribution in [3.05, 3.63) is 65.7 Å². The van der Waals surface area contributed by atoms with Crippen molar-refractivity contribution < 1.29 is 14.3 Å². The Hall–Kier alpha value is -1.92. The highest BCUT2D eigenvalue weighted by molar-refractivity contribution is 8.19. The summed E-state index contributed by atoms with van der Waals surface area (Å²) in [6.45, 7) is 4.03. The highest BCUT2D eigenvalue weighted by Gasteiger charge is 2.25. The summed E-state index contributed by atoms with van der Waals surface area (Å²) in [6.07, 6.45) is -0.849. The second-order valence-electron chi connectivity index (χ2n) is 6.16. The molecule has 6 heteroatoms. The number of thioether (sulfide) groups is 2. The van der Waals surface area contributed by atoms with Crippen molar-refractivity contribution in [2.75, 3.05) is 23.0 Å². The molecule has 2 aromatic rings. The minimum Gasteiger partial charge on any atom is -0.449 e. The summed E-state index contributed by atoms with van der Waals surface area (Å²) in [5.41, 5.74) is 2.47. The number of anilines is 1. The summed E-state index contributed by atoms with van der Waals surface area (Å²) in [6, 6.07) is 16.9. The molecule has 27 heavy (non-hydrogen) atoms. The Balaban J connectivity index is 1.63. The number of hydrogen-bond acceptors (Lipinski definition) is 5. The van der Waals surface area contributed by atoms with E-state index in [1.165, 1.54) is 5.56 Å². The Morgan fingerprint density at radius 3 is 2.30 bits per heavy atom. The monoisotopic (exact) mass is 401 g/mol. The van der Waals surface area contributed by atoms with E-state index in [-0.39, 0.29) is 5.91 Å². The van der Waals surface area contributed by atoms with Gasteiger partial charge in [0.15, 0.2) is 6.10 Å². The van der Waals surface area contributed by atoms with E-state index in [0.29, 0.717) is 16.7 Å². The molecule has 0 aliphatic carbocycles. The SMILES string of the molecule is CCN(C(=O)[C@H](C)OC(=O)c1ccc(C2SCCS2)cc1)c1ccccc1. The van der Waals surface area contributed by atoms with Crippen molar-refractivity contribution >= 4 is 41.1 Å². The van der Waals surface area contributed by atoms with Crippen LogP contribution in [0, 0.1) is 0 Å². The minimum absolute atomic E-state index is 0.229. The molecule has 1 heterocycles. The Labute approximate surface area is 168 Å². The number of carbonyl (C=O) groups excluding carboxylic acids is 2. The van der Waals surface area contributed by atoms with Gasteiger partial charge in [-0.05, 0) is 43.7 Å². The largest absolute Gasteiger partial charge is 0.449 e. The predicted octanol–water partition coefficient (Wildman–Crippen LogP) is 4.76. The lowest BCUT2D eigenvalue weighted by Gasteiger charge is -2.24. The van der Waals surface area contributed by atoms with Crippen LogP contribution in [0.4, 0.5) is 5.69 Å². The van der Waals surface area contributed by atoms with E-state index >= 15 is 0 Å². The first-order valence-electron chi connectivity index (χ1n) is 9.00. The first-order valence-corrected chi connectivity index (χ1v) is 11.1. The molecule has 0 radical (unpaired) electrons. The fourth-order valence-electron chi connectivity index (χ4n) is 2.90. The number of para-hydroxylation sites is 1. The lowest BCUT2D eigenvalue weighted by molar-refractivity contribution is -0.126. The van der Waals surface area contributed by atoms with Gasteiger partial charge < -0.3 is 9.64 Å². The summed E-state index contributed by atoms with van der Waals surface area (Å²) in [5, 5.41) is 0. The molecule has 1 fully saturated rings. The number of hydrogen-bond donors (Lipinski definition) is 0. The van der Waals surface area contributed by atoms with Gasteiger partial charge in [0.2, 0.25) is 0 Å². The van der Waals surface area contributed by atoms with E-state index in [1.807, 2.05) is 72.9 Å². The van der Waals surface area contributed by atoms with Crippen LogP contribution >= 0.6 is 23.5 Å². The average molecular weight is 402 g/mol. The van der Waals surface area contributed by atoms with Gasteiger partial charge in [-0.1, -0.05) is 30.3 Å². The molecule has 1 amide bonds. The van der Waals surface area contributed by atoms with Gasteiger partial charge in [-0.15, -0.1) is 23.5 Å². The molecule has 142 valence electrons. The van der Waals surface area contributed by atoms with Crippen molar-refractivity contribution in [1.82, 2.24) is 0 Å². The van der Waals surface area contributed by atoms with Crippen LogP contribution in [-0.4, -0.2) is 36.0 Å². The van der Waals surface area contributed by atoms with Gasteiger partial charge in [0.05, 0.1) is 10.1 Å². The fourth-order valence-corrected chi connectivity index (χ4v) is 5.76. The van der Waals surface area contributed by atoms with Gasteiger partial charge in [-0.3, -0.25) is 4.79 Å². The Morgan fingerprint density at radius 2 is 1.70 bits per heavy atom. The van der Waals surface area contributed by atoms with E-state index in [9.17, 15) is 9.59 Å². The van der Waals surface area contributed by atoms with Crippen LogP contribution in [0.5, 0.6) is 0 Å². The highest BCUT2D eigenvalue weighted by Crippen LogP contribution is 2.45. The molecule has 0 aromatic heterocycles. The van der Waals surface area contributed by atoms with Crippen molar-refractivity contribution in [2.24, 2.45) is 0 Å². The molecule has 1 atom stereocenters. The number of ether oxygens (including phenoxy) is 1. The maximum atomic E-state index is 12.7. The highest BCUT2D eigenvalue weighted by atomic mass is 32.2. The summed E-state index contributed by atoms with van der Waals surface area (Å²) < 4.78 is 5.87. The van der Waals surface area contributed by atoms with E-state index < -0.39 is 12.1 Å². The van der Waals surface area contributed by atoms with Crippen LogP contribution in [0.25, 0.3) is 0 Å². The van der Waals surface area contributed by atoms with Gasteiger partial charge >= 0.3 is 5.97 Å². The number of esters is 1. The molecular formula is C21H23NO3S2. The number of carbonyl (C=O) groups is 2. The van der Waals surface area contributed by atoms with E-state index in [1.54, 1.807) is 24.0 Å². The van der Waals surface area contributed by atoms with Crippen LogP contribution in [0.15, 0.2) is 54.6 Å². The maximum Gasteiger partial charge on any atom is 0.338 e. The third kappa shape index (κ3) is 4.87. The van der Waals surface area contributed by atoms with Gasteiger partial charge in [0.25, 0.3) is 5.91 Å². The third-order valence-corrected chi connectivity index (χ3v) is 7.43. The van der Waals surface area contributed by atoms with E-state index in [2.05, 4.69) is 0 Å². The number of benzene rings is 2. The van der Waals surface area contributed by atoms with Crippen LogP contribution < -0.4 is 4.90 Å². The van der Waals surface area contributed by atoms with Gasteiger partial charge in [-0.25, -0.2) is 4.79 Å². The zero-order valence-corrected chi connectivity index (χ0v) is 17.1. The molecule has 0 saturated carbocycles. The standard InChI is InChI=1S/C21H23NO3S2/c1-3-22(18-7-5-4-6-8-18)19(23)15(2)25-20(24)16-9-11-17(12-10-16)21-26-13-14-27-21/h4-12,15,21H,3,13-14H2,1-2H3/t15-/m0/s1. The number of rotatable bonds is 6. The summed E-state index contributed by atoms with van der Waals surface area (Å²) in [5.74, 6) is 1.62. The van der Waals surface area contributed by atoms with Gasteiger partial charge in [-0.2, -0.15) is 0 Å². The topological polar surface area (TPSA) is 46.6 Å². The average Bonchev–Trinajstić information content (AvgIpc) is 3.24. The summed E-state index contributed by atoms with van der Waals surface area (Å²) in [7, 11) is 0. The van der Waals surface area contributed by atoms with Crippen LogP contribution in [0.3, 0.4) is 0 Å². The molecule has 2 aromatic carbocycles. The van der Waals surface area contributed by atoms with Crippen molar-refractivity contribution in [2.45, 2.75) is 24.5 Å². The van der Waals surface area contributed by atoms with Crippen LogP contribution in [-0.2, 0) is 9.53 Å². The molecule has 4 nitrogen and oxygen atoms in total. The van der Waals surface area contributed by atoms with Gasteiger partial charge in [0.1, 0.15) is 0 Å². The zero-order valence-electron chi connectivity index (χ0n) is 15.5. The Bertz CT molecular complexity index is 774. The lowest BCUT2D eigenvalue weighted by atomic mass is 10.1. The molecule has 1 aliphatic rings. The quantitative estimate of drug-likeness (QED) is 0.653. The number of nitrogens with zero attached hydrogens (tertiary/aromatic N) is 1. The molecular weight excluding hydrogens is 378 g/mol. The fraction of sp³-hybridized carbons (Fsp3) is 0.333. The maximum absolute atomic E-state index is 12.7. The number of likely N-dealkylation sites (N-methyl/N-ethyl adjacent to an activating group) is 1. The van der Waals surface area contributed by atoms with E-state index in [4.69, 9.17) is 4.74 Å². The number of amides is 1. The van der Waals surface area contributed by atoms with Gasteiger partial charge in [0, 0.05) is 23.7 Å². The predicted molar refractivity (Wildman–Crippen MR) is 113 cm³/mol. The third-order valence-electron chi connectivity index (χ3n) is 4.32. The minimum atomic E-state index is -0.849. The second kappa shape index (κ2) is 9.33. The van der Waals surface area contributed by atoms with Crippen LogP contribution in [0.1, 0.15) is 34.4 Å². The molecule has 0 N–H and O–H groups in total. The summed E-state index contributed by atoms with van der Waals surface area (Å²) >= 11 is 3.85. The van der Waals surface area contributed by atoms with Crippen molar-refractivity contribution in [3.8, 4) is 0 Å². The molecule has 0 spiro atoms. The Kier molecular flexibility index (Phi) is 6.85. The molecule has 0 unspecified atom stereocenters. The van der Waals surface area contributed by atoms with Crippen LogP contribution in [0.2, 0.25) is 0 Å². The van der Waals surface area contributed by atoms with Crippen molar-refractivity contribution in [3.63, 3.8) is 0 Å². The molecule has 1 saturated heterocycles. The first-order chi connectivity index (χ1) is 13.1. The lowest BCUT2D eigenvalue weighted by Crippen LogP contribution is -2.40. The summed E-state index contributed by atoms with van der Waals surface area (Å²) in [4.78, 5) is 26.8. The smallest absolute Gasteiger partial charge is 0.338 e.